The Morgan fingerprint density at radius 2 is 1.90 bits per heavy atom. The number of hydrogen-bond donors (Lipinski definition) is 1. The Labute approximate surface area is 125 Å². The molecule has 1 fully saturated rings. The van der Waals surface area contributed by atoms with E-state index < -0.39 is 0 Å². The van der Waals surface area contributed by atoms with Crippen LogP contribution >= 0.6 is 0 Å². The van der Waals surface area contributed by atoms with Gasteiger partial charge in [0.15, 0.2) is 0 Å². The lowest BCUT2D eigenvalue weighted by Crippen LogP contribution is -2.52. The lowest BCUT2D eigenvalue weighted by Gasteiger charge is -2.42. The highest BCUT2D eigenvalue weighted by Crippen LogP contribution is 2.30. The van der Waals surface area contributed by atoms with Gasteiger partial charge in [0.25, 0.3) is 0 Å². The third kappa shape index (κ3) is 6.21. The summed E-state index contributed by atoms with van der Waals surface area (Å²) in [5.41, 5.74) is 0.351. The molecule has 0 spiro atoms. The molecule has 3 heteroatoms. The summed E-state index contributed by atoms with van der Waals surface area (Å²) in [6.45, 7) is 20.0. The van der Waals surface area contributed by atoms with Crippen LogP contribution in [0.5, 0.6) is 0 Å². The first-order chi connectivity index (χ1) is 9.41. The Balaban J connectivity index is 2.70. The fraction of sp³-hybridized carbons (Fsp3) is 0.765. The van der Waals surface area contributed by atoms with Gasteiger partial charge in [-0.2, -0.15) is 0 Å². The monoisotopic (exact) mass is 280 g/mol. The number of rotatable bonds is 8. The number of hydrogen-bond acceptors (Lipinski definition) is 3. The van der Waals surface area contributed by atoms with E-state index in [-0.39, 0.29) is 11.0 Å². The van der Waals surface area contributed by atoms with Gasteiger partial charge in [0, 0.05) is 43.7 Å². The lowest BCUT2D eigenvalue weighted by atomic mass is 9.81. The molecule has 1 rings (SSSR count). The van der Waals surface area contributed by atoms with Crippen molar-refractivity contribution in [1.82, 2.24) is 10.2 Å². The summed E-state index contributed by atoms with van der Waals surface area (Å²) >= 11 is 0. The van der Waals surface area contributed by atoms with Crippen LogP contribution in [-0.2, 0) is 4.74 Å². The summed E-state index contributed by atoms with van der Waals surface area (Å²) in [6, 6.07) is 0. The number of nitrogens with zero attached hydrogens (tertiary/aromatic N) is 1. The van der Waals surface area contributed by atoms with Gasteiger partial charge in [-0.25, -0.2) is 0 Å². The Morgan fingerprint density at radius 1 is 1.25 bits per heavy atom. The van der Waals surface area contributed by atoms with Crippen molar-refractivity contribution in [2.24, 2.45) is 5.41 Å². The molecule has 0 aromatic carbocycles. The van der Waals surface area contributed by atoms with Gasteiger partial charge >= 0.3 is 0 Å². The van der Waals surface area contributed by atoms with Crippen molar-refractivity contribution in [1.29, 1.82) is 0 Å². The maximum absolute atomic E-state index is 5.79. The van der Waals surface area contributed by atoms with E-state index in [0.717, 1.165) is 45.8 Å². The normalized spacial score (nSPS) is 23.8. The molecule has 0 aromatic rings. The van der Waals surface area contributed by atoms with E-state index in [1.54, 1.807) is 0 Å². The maximum atomic E-state index is 5.79. The Kier molecular flexibility index (Phi) is 6.93. The molecule has 0 aromatic heterocycles. The molecule has 20 heavy (non-hydrogen) atoms. The van der Waals surface area contributed by atoms with Gasteiger partial charge in [-0.3, -0.25) is 4.90 Å². The minimum Gasteiger partial charge on any atom is -0.381 e. The zero-order chi connectivity index (χ0) is 15.1. The van der Waals surface area contributed by atoms with Crippen molar-refractivity contribution >= 4 is 0 Å². The quantitative estimate of drug-likeness (QED) is 0.692. The second kappa shape index (κ2) is 7.96. The summed E-state index contributed by atoms with van der Waals surface area (Å²) in [4.78, 5) is 2.40. The third-order valence-electron chi connectivity index (χ3n) is 3.73. The molecule has 3 nitrogen and oxygen atoms in total. The molecule has 1 N–H and O–H groups in total. The molecule has 0 aliphatic carbocycles. The molecular weight excluding hydrogens is 248 g/mol. The Hall–Kier alpha value is -0.640. The zero-order valence-corrected chi connectivity index (χ0v) is 13.6. The molecule has 0 radical (unpaired) electrons. The van der Waals surface area contributed by atoms with Gasteiger partial charge < -0.3 is 10.1 Å². The van der Waals surface area contributed by atoms with E-state index in [1.807, 2.05) is 12.2 Å². The van der Waals surface area contributed by atoms with Gasteiger partial charge in [-0.05, 0) is 33.6 Å². The summed E-state index contributed by atoms with van der Waals surface area (Å²) < 4.78 is 5.79. The molecule has 1 atom stereocenters. The van der Waals surface area contributed by atoms with Crippen LogP contribution in [0, 0.1) is 5.41 Å². The predicted molar refractivity (Wildman–Crippen MR) is 87.1 cm³/mol. The minimum absolute atomic E-state index is 0.145. The average Bonchev–Trinajstić information content (AvgIpc) is 2.38. The van der Waals surface area contributed by atoms with Crippen LogP contribution in [0.4, 0.5) is 0 Å². The summed E-state index contributed by atoms with van der Waals surface area (Å²) in [7, 11) is 0. The molecule has 1 aliphatic rings. The van der Waals surface area contributed by atoms with Crippen LogP contribution in [0.1, 0.15) is 33.6 Å². The Bertz CT molecular complexity index is 291. The maximum Gasteiger partial charge on any atom is 0.0546 e. The van der Waals surface area contributed by atoms with Crippen molar-refractivity contribution < 1.29 is 4.74 Å². The molecular formula is C17H32N2O. The van der Waals surface area contributed by atoms with Gasteiger partial charge in [-0.15, -0.1) is 13.2 Å². The molecule has 1 aliphatic heterocycles. The van der Waals surface area contributed by atoms with Gasteiger partial charge in [0.05, 0.1) is 6.61 Å². The molecule has 1 unspecified atom stereocenters. The molecule has 1 saturated heterocycles. The van der Waals surface area contributed by atoms with Gasteiger partial charge in [0.2, 0.25) is 0 Å². The van der Waals surface area contributed by atoms with Crippen molar-refractivity contribution in [3.05, 3.63) is 25.3 Å². The van der Waals surface area contributed by atoms with Crippen molar-refractivity contribution in [2.75, 3.05) is 39.4 Å². The van der Waals surface area contributed by atoms with Crippen molar-refractivity contribution in [3.8, 4) is 0 Å². The second-order valence-electron chi connectivity index (χ2n) is 7.03. The topological polar surface area (TPSA) is 24.5 Å². The van der Waals surface area contributed by atoms with Crippen molar-refractivity contribution in [3.63, 3.8) is 0 Å². The first kappa shape index (κ1) is 17.4. The third-order valence-corrected chi connectivity index (χ3v) is 3.73. The minimum atomic E-state index is 0.145. The fourth-order valence-electron chi connectivity index (χ4n) is 2.73. The van der Waals surface area contributed by atoms with Gasteiger partial charge in [0.1, 0.15) is 0 Å². The first-order valence-electron chi connectivity index (χ1n) is 7.68. The van der Waals surface area contributed by atoms with Crippen LogP contribution in [0.3, 0.4) is 0 Å². The predicted octanol–water partition coefficient (Wildman–Crippen LogP) is 2.85. The zero-order valence-electron chi connectivity index (χ0n) is 13.6. The van der Waals surface area contributed by atoms with Crippen LogP contribution in [0.15, 0.2) is 25.3 Å². The molecule has 116 valence electrons. The highest BCUT2D eigenvalue weighted by Gasteiger charge is 2.35. The second-order valence-corrected chi connectivity index (χ2v) is 7.03. The van der Waals surface area contributed by atoms with Crippen LogP contribution in [-0.4, -0.2) is 49.8 Å². The Morgan fingerprint density at radius 3 is 2.35 bits per heavy atom. The van der Waals surface area contributed by atoms with E-state index in [0.29, 0.717) is 0 Å². The van der Waals surface area contributed by atoms with E-state index >= 15 is 0 Å². The van der Waals surface area contributed by atoms with Crippen LogP contribution in [0.25, 0.3) is 0 Å². The largest absolute Gasteiger partial charge is 0.381 e. The number of nitrogens with one attached hydrogen (secondary N) is 1. The summed E-state index contributed by atoms with van der Waals surface area (Å²) in [5, 5.41) is 3.66. The highest BCUT2D eigenvalue weighted by atomic mass is 16.5. The molecule has 0 bridgehead atoms. The van der Waals surface area contributed by atoms with Crippen LogP contribution < -0.4 is 5.32 Å². The fourth-order valence-corrected chi connectivity index (χ4v) is 2.73. The lowest BCUT2D eigenvalue weighted by molar-refractivity contribution is -0.0258. The standard InChI is InChI=1S/C17H32N2O/c1-6-10-19(11-7-2)14-17(9-8-12-20-15-17)13-18-16(3,4)5/h6-7,18H,1-2,8-15H2,3-5H3. The smallest absolute Gasteiger partial charge is 0.0546 e. The average molecular weight is 280 g/mol. The highest BCUT2D eigenvalue weighted by molar-refractivity contribution is 4.92. The van der Waals surface area contributed by atoms with E-state index in [9.17, 15) is 0 Å². The van der Waals surface area contributed by atoms with Crippen molar-refractivity contribution in [2.45, 2.75) is 39.2 Å². The number of ether oxygens (including phenoxy) is 1. The van der Waals surface area contributed by atoms with Gasteiger partial charge in [-0.1, -0.05) is 12.2 Å². The van der Waals surface area contributed by atoms with E-state index in [1.165, 1.54) is 6.42 Å². The summed E-state index contributed by atoms with van der Waals surface area (Å²) in [5.74, 6) is 0. The van der Waals surface area contributed by atoms with Crippen LogP contribution in [0.2, 0.25) is 0 Å². The SMILES string of the molecule is C=CCN(CC=C)CC1(CNC(C)(C)C)CCCOC1. The van der Waals surface area contributed by atoms with E-state index in [4.69, 9.17) is 4.74 Å². The molecule has 0 amide bonds. The molecule has 1 heterocycles. The van der Waals surface area contributed by atoms with E-state index in [2.05, 4.69) is 44.1 Å². The first-order valence-corrected chi connectivity index (χ1v) is 7.68. The molecule has 0 saturated carbocycles. The summed E-state index contributed by atoms with van der Waals surface area (Å²) in [6.07, 6.45) is 6.32.